The molecule has 1 aliphatic rings. The number of carbonyl (C=O) groups is 2. The minimum atomic E-state index is -0.555. The van der Waals surface area contributed by atoms with Gasteiger partial charge in [-0.25, -0.2) is 0 Å². The first-order chi connectivity index (χ1) is 14.8. The summed E-state index contributed by atoms with van der Waals surface area (Å²) in [5.74, 6) is -1.09. The SMILES string of the molecule is Cc1cc(/C=C2\C(=O)NC(=S)N(c3ccccc3Cl)C2=O)c(C)n1-c1ccccc1Cl. The molecule has 0 atom stereocenters. The van der Waals surface area contributed by atoms with Gasteiger partial charge in [0.1, 0.15) is 5.57 Å². The molecule has 0 aliphatic carbocycles. The first kappa shape index (κ1) is 21.3. The van der Waals surface area contributed by atoms with Gasteiger partial charge < -0.3 is 4.57 Å². The number of carbonyl (C=O) groups excluding carboxylic acids is 2. The molecule has 1 aliphatic heterocycles. The van der Waals surface area contributed by atoms with Crippen LogP contribution in [0.5, 0.6) is 0 Å². The topological polar surface area (TPSA) is 54.3 Å². The van der Waals surface area contributed by atoms with Crippen molar-refractivity contribution < 1.29 is 9.59 Å². The molecule has 2 heterocycles. The Bertz CT molecular complexity index is 1280. The van der Waals surface area contributed by atoms with E-state index in [0.29, 0.717) is 15.7 Å². The summed E-state index contributed by atoms with van der Waals surface area (Å²) in [4.78, 5) is 27.1. The standard InChI is InChI=1S/C23H17Cl2N3O2S/c1-13-11-15(14(2)27(13)19-9-5-3-7-17(19)24)12-16-21(29)26-23(31)28(22(16)30)20-10-6-4-8-18(20)25/h3-12H,1-2H3,(H,26,29,31)/b16-12+. The van der Waals surface area contributed by atoms with E-state index < -0.39 is 11.8 Å². The number of anilines is 1. The van der Waals surface area contributed by atoms with Crippen LogP contribution in [0.1, 0.15) is 17.0 Å². The zero-order valence-corrected chi connectivity index (χ0v) is 19.0. The van der Waals surface area contributed by atoms with Crippen molar-refractivity contribution in [3.8, 4) is 5.69 Å². The zero-order chi connectivity index (χ0) is 22.3. The summed E-state index contributed by atoms with van der Waals surface area (Å²) < 4.78 is 1.98. The molecule has 31 heavy (non-hydrogen) atoms. The van der Waals surface area contributed by atoms with E-state index in [-0.39, 0.29) is 10.7 Å². The average Bonchev–Trinajstić information content (AvgIpc) is 3.00. The highest BCUT2D eigenvalue weighted by atomic mass is 35.5. The Morgan fingerprint density at radius 3 is 2.13 bits per heavy atom. The Labute approximate surface area is 194 Å². The molecule has 0 saturated carbocycles. The molecule has 8 heteroatoms. The molecule has 0 bridgehead atoms. The van der Waals surface area contributed by atoms with Gasteiger partial charge in [0.25, 0.3) is 11.8 Å². The Kier molecular flexibility index (Phi) is 5.71. The van der Waals surface area contributed by atoms with Gasteiger partial charge in [-0.2, -0.15) is 0 Å². The molecule has 3 aromatic rings. The second kappa shape index (κ2) is 8.30. The minimum absolute atomic E-state index is 0.0122. The van der Waals surface area contributed by atoms with Gasteiger partial charge in [-0.05, 0) is 68.0 Å². The fourth-order valence-corrected chi connectivity index (χ4v) is 4.32. The lowest BCUT2D eigenvalue weighted by atomic mass is 10.1. The van der Waals surface area contributed by atoms with E-state index in [9.17, 15) is 9.59 Å². The summed E-state index contributed by atoms with van der Waals surface area (Å²) >= 11 is 17.9. The van der Waals surface area contributed by atoms with Crippen molar-refractivity contribution >= 4 is 64.1 Å². The molecule has 0 unspecified atom stereocenters. The number of rotatable bonds is 3. The molecular formula is C23H17Cl2N3O2S. The molecule has 1 fully saturated rings. The van der Waals surface area contributed by atoms with Gasteiger partial charge in [-0.1, -0.05) is 47.5 Å². The van der Waals surface area contributed by atoms with Crippen LogP contribution in [0.25, 0.3) is 11.8 Å². The van der Waals surface area contributed by atoms with Crippen LogP contribution in [-0.4, -0.2) is 21.5 Å². The van der Waals surface area contributed by atoms with Gasteiger partial charge >= 0.3 is 0 Å². The van der Waals surface area contributed by atoms with E-state index in [1.807, 2.05) is 48.7 Å². The molecule has 0 spiro atoms. The largest absolute Gasteiger partial charge is 0.316 e. The van der Waals surface area contributed by atoms with Gasteiger partial charge in [0.2, 0.25) is 0 Å². The third kappa shape index (κ3) is 3.78. The predicted molar refractivity (Wildman–Crippen MR) is 128 cm³/mol. The third-order valence-corrected chi connectivity index (χ3v) is 5.98. The number of aromatic nitrogens is 1. The zero-order valence-electron chi connectivity index (χ0n) is 16.6. The van der Waals surface area contributed by atoms with Crippen LogP contribution in [0.15, 0.2) is 60.2 Å². The number of hydrogen-bond acceptors (Lipinski definition) is 3. The highest BCUT2D eigenvalue weighted by Crippen LogP contribution is 2.31. The van der Waals surface area contributed by atoms with E-state index in [1.54, 1.807) is 30.3 Å². The van der Waals surface area contributed by atoms with Gasteiger partial charge in [0, 0.05) is 11.4 Å². The minimum Gasteiger partial charge on any atom is -0.316 e. The lowest BCUT2D eigenvalue weighted by Gasteiger charge is -2.29. The third-order valence-electron chi connectivity index (χ3n) is 5.06. The van der Waals surface area contributed by atoms with Crippen LogP contribution in [0, 0.1) is 13.8 Å². The van der Waals surface area contributed by atoms with Crippen molar-refractivity contribution in [2.75, 3.05) is 4.90 Å². The first-order valence-electron chi connectivity index (χ1n) is 9.39. The van der Waals surface area contributed by atoms with Crippen molar-refractivity contribution in [1.29, 1.82) is 0 Å². The number of halogens is 2. The number of benzene rings is 2. The van der Waals surface area contributed by atoms with Crippen LogP contribution in [-0.2, 0) is 9.59 Å². The molecule has 1 aromatic heterocycles. The lowest BCUT2D eigenvalue weighted by molar-refractivity contribution is -0.122. The van der Waals surface area contributed by atoms with E-state index in [1.165, 1.54) is 4.90 Å². The van der Waals surface area contributed by atoms with Crippen molar-refractivity contribution in [1.82, 2.24) is 9.88 Å². The summed E-state index contributed by atoms with van der Waals surface area (Å²) in [6, 6.07) is 16.2. The van der Waals surface area contributed by atoms with Gasteiger partial charge in [0.15, 0.2) is 5.11 Å². The highest BCUT2D eigenvalue weighted by molar-refractivity contribution is 7.80. The Morgan fingerprint density at radius 2 is 1.52 bits per heavy atom. The summed E-state index contributed by atoms with van der Waals surface area (Å²) in [7, 11) is 0. The van der Waals surface area contributed by atoms with Gasteiger partial charge in [-0.3, -0.25) is 19.8 Å². The van der Waals surface area contributed by atoms with E-state index in [0.717, 1.165) is 22.6 Å². The molecule has 1 N–H and O–H groups in total. The smallest absolute Gasteiger partial charge is 0.270 e. The van der Waals surface area contributed by atoms with Crippen molar-refractivity contribution in [2.24, 2.45) is 0 Å². The number of nitrogens with one attached hydrogen (secondary N) is 1. The van der Waals surface area contributed by atoms with Crippen LogP contribution >= 0.6 is 35.4 Å². The lowest BCUT2D eigenvalue weighted by Crippen LogP contribution is -2.54. The normalized spacial score (nSPS) is 15.5. The van der Waals surface area contributed by atoms with E-state index in [4.69, 9.17) is 35.4 Å². The van der Waals surface area contributed by atoms with Crippen LogP contribution in [0.4, 0.5) is 5.69 Å². The first-order valence-corrected chi connectivity index (χ1v) is 10.6. The molecular weight excluding hydrogens is 453 g/mol. The van der Waals surface area contributed by atoms with Crippen molar-refractivity contribution in [3.05, 3.63) is 87.2 Å². The average molecular weight is 470 g/mol. The number of aryl methyl sites for hydroxylation is 1. The summed E-state index contributed by atoms with van der Waals surface area (Å²) in [5, 5.41) is 3.52. The molecule has 0 radical (unpaired) electrons. The predicted octanol–water partition coefficient (Wildman–Crippen LogP) is 5.23. The number of thiocarbonyl (C=S) groups is 1. The summed E-state index contributed by atoms with van der Waals surface area (Å²) in [5.41, 5.74) is 3.68. The molecule has 4 rings (SSSR count). The van der Waals surface area contributed by atoms with Crippen LogP contribution < -0.4 is 10.2 Å². The molecule has 1 saturated heterocycles. The quantitative estimate of drug-likeness (QED) is 0.324. The Balaban J connectivity index is 1.80. The highest BCUT2D eigenvalue weighted by Gasteiger charge is 2.35. The number of para-hydroxylation sites is 2. The maximum absolute atomic E-state index is 13.3. The van der Waals surface area contributed by atoms with Crippen LogP contribution in [0.2, 0.25) is 10.0 Å². The molecule has 2 aromatic carbocycles. The maximum Gasteiger partial charge on any atom is 0.270 e. The molecule has 2 amide bonds. The number of amides is 2. The molecule has 5 nitrogen and oxygen atoms in total. The number of hydrogen-bond donors (Lipinski definition) is 1. The summed E-state index contributed by atoms with van der Waals surface area (Å²) in [6.07, 6.45) is 1.57. The van der Waals surface area contributed by atoms with E-state index >= 15 is 0 Å². The summed E-state index contributed by atoms with van der Waals surface area (Å²) in [6.45, 7) is 3.84. The maximum atomic E-state index is 13.3. The molecule has 156 valence electrons. The van der Waals surface area contributed by atoms with Gasteiger partial charge in [0.05, 0.1) is 21.4 Å². The van der Waals surface area contributed by atoms with E-state index in [2.05, 4.69) is 5.32 Å². The fraction of sp³-hybridized carbons (Fsp3) is 0.0870. The fourth-order valence-electron chi connectivity index (χ4n) is 3.60. The van der Waals surface area contributed by atoms with Crippen molar-refractivity contribution in [3.63, 3.8) is 0 Å². The second-order valence-corrected chi connectivity index (χ2v) is 8.22. The van der Waals surface area contributed by atoms with Crippen molar-refractivity contribution in [2.45, 2.75) is 13.8 Å². The second-order valence-electron chi connectivity index (χ2n) is 7.02. The number of nitrogens with zero attached hydrogens (tertiary/aromatic N) is 2. The van der Waals surface area contributed by atoms with Crippen LogP contribution in [0.3, 0.4) is 0 Å². The van der Waals surface area contributed by atoms with Gasteiger partial charge in [-0.15, -0.1) is 0 Å². The Morgan fingerprint density at radius 1 is 0.935 bits per heavy atom. The monoisotopic (exact) mass is 469 g/mol. The Hall–Kier alpha value is -2.93.